The van der Waals surface area contributed by atoms with Crippen LogP contribution in [0.15, 0.2) is 40.5 Å². The number of Topliss-reactive ketones (excluding diaryl/α,β-unsaturated/α-hetero) is 1. The number of methoxy groups -OCH3 is 1. The van der Waals surface area contributed by atoms with Crippen LogP contribution in [0.1, 0.15) is 52.0 Å². The maximum atomic E-state index is 13.1. The van der Waals surface area contributed by atoms with Crippen molar-refractivity contribution in [3.8, 4) is 5.75 Å². The second kappa shape index (κ2) is 7.29. The SMILES string of the molecule is CCOC(=O)C1C(C)=NC2=C(C(=O)CC(C)(C)C2)[C@@H]1c1ccc(OC)cc1. The van der Waals surface area contributed by atoms with Crippen molar-refractivity contribution in [1.29, 1.82) is 0 Å². The summed E-state index contributed by atoms with van der Waals surface area (Å²) < 4.78 is 10.6. The molecule has 5 heteroatoms. The molecule has 0 saturated carbocycles. The number of hydrogen-bond acceptors (Lipinski definition) is 5. The third kappa shape index (κ3) is 3.68. The van der Waals surface area contributed by atoms with Crippen LogP contribution < -0.4 is 4.74 Å². The lowest BCUT2D eigenvalue weighted by atomic mass is 9.67. The van der Waals surface area contributed by atoms with Gasteiger partial charge in [-0.1, -0.05) is 26.0 Å². The highest BCUT2D eigenvalue weighted by atomic mass is 16.5. The molecule has 5 nitrogen and oxygen atoms in total. The molecule has 0 saturated heterocycles. The number of nitrogens with zero attached hydrogens (tertiary/aromatic N) is 1. The van der Waals surface area contributed by atoms with E-state index >= 15 is 0 Å². The molecule has 27 heavy (non-hydrogen) atoms. The highest BCUT2D eigenvalue weighted by Crippen LogP contribution is 2.48. The number of esters is 1. The molecule has 144 valence electrons. The minimum absolute atomic E-state index is 0.0765. The first-order valence-electron chi connectivity index (χ1n) is 9.39. The lowest BCUT2D eigenvalue weighted by Crippen LogP contribution is -2.39. The summed E-state index contributed by atoms with van der Waals surface area (Å²) in [6.07, 6.45) is 1.19. The standard InChI is InChI=1S/C22H27NO4/c1-6-27-21(25)18-13(2)23-16-11-22(3,4)12-17(24)20(16)19(18)14-7-9-15(26-5)10-8-14/h7-10,18-19H,6,11-12H2,1-5H3/t18?,19-/m1/s1. The molecule has 1 aliphatic carbocycles. The molecule has 1 unspecified atom stereocenters. The molecule has 0 amide bonds. The fourth-order valence-corrected chi connectivity index (χ4v) is 4.15. The van der Waals surface area contributed by atoms with E-state index in [1.54, 1.807) is 14.0 Å². The zero-order valence-corrected chi connectivity index (χ0v) is 16.7. The highest BCUT2D eigenvalue weighted by Gasteiger charge is 2.45. The average molecular weight is 369 g/mol. The van der Waals surface area contributed by atoms with Crippen LogP contribution in [-0.2, 0) is 14.3 Å². The molecule has 2 aliphatic rings. The first-order valence-corrected chi connectivity index (χ1v) is 9.39. The maximum absolute atomic E-state index is 13.1. The third-order valence-electron chi connectivity index (χ3n) is 5.32. The third-order valence-corrected chi connectivity index (χ3v) is 5.32. The predicted molar refractivity (Wildman–Crippen MR) is 104 cm³/mol. The Bertz CT molecular complexity index is 817. The Hall–Kier alpha value is -2.43. The molecule has 1 aliphatic heterocycles. The van der Waals surface area contributed by atoms with Crippen molar-refractivity contribution in [1.82, 2.24) is 0 Å². The summed E-state index contributed by atoms with van der Waals surface area (Å²) >= 11 is 0. The monoisotopic (exact) mass is 369 g/mol. The van der Waals surface area contributed by atoms with Gasteiger partial charge in [0.15, 0.2) is 5.78 Å². The predicted octanol–water partition coefficient (Wildman–Crippen LogP) is 4.08. The van der Waals surface area contributed by atoms with E-state index in [2.05, 4.69) is 13.8 Å². The Labute approximate surface area is 160 Å². The van der Waals surface area contributed by atoms with Crippen molar-refractivity contribution in [2.24, 2.45) is 16.3 Å². The molecule has 0 aromatic heterocycles. The van der Waals surface area contributed by atoms with Gasteiger partial charge in [-0.15, -0.1) is 0 Å². The molecule has 1 heterocycles. The van der Waals surface area contributed by atoms with Gasteiger partial charge >= 0.3 is 5.97 Å². The molecule has 0 fully saturated rings. The lowest BCUT2D eigenvalue weighted by Gasteiger charge is -2.39. The minimum atomic E-state index is -0.581. The quantitative estimate of drug-likeness (QED) is 0.750. The number of carbonyl (C=O) groups excluding carboxylic acids is 2. The van der Waals surface area contributed by atoms with Gasteiger partial charge in [-0.3, -0.25) is 14.6 Å². The van der Waals surface area contributed by atoms with Gasteiger partial charge < -0.3 is 9.47 Å². The number of aliphatic imine (C=N–C) groups is 1. The molecule has 0 spiro atoms. The molecular weight excluding hydrogens is 342 g/mol. The van der Waals surface area contributed by atoms with E-state index in [4.69, 9.17) is 14.5 Å². The topological polar surface area (TPSA) is 65.0 Å². The van der Waals surface area contributed by atoms with Crippen molar-refractivity contribution in [2.45, 2.75) is 46.5 Å². The molecule has 1 aromatic rings. The number of hydrogen-bond donors (Lipinski definition) is 0. The van der Waals surface area contributed by atoms with Gasteiger partial charge in [-0.2, -0.15) is 0 Å². The molecule has 3 rings (SSSR count). The van der Waals surface area contributed by atoms with E-state index in [1.165, 1.54) is 0 Å². The van der Waals surface area contributed by atoms with Crippen molar-refractivity contribution in [3.63, 3.8) is 0 Å². The molecule has 0 N–H and O–H groups in total. The van der Waals surface area contributed by atoms with Gasteiger partial charge in [-0.05, 0) is 43.4 Å². The summed E-state index contributed by atoms with van der Waals surface area (Å²) in [6.45, 7) is 8.10. The van der Waals surface area contributed by atoms with Gasteiger partial charge in [-0.25, -0.2) is 0 Å². The number of ether oxygens (including phenoxy) is 2. The van der Waals surface area contributed by atoms with Gasteiger partial charge in [0.1, 0.15) is 11.7 Å². The van der Waals surface area contributed by atoms with Crippen LogP contribution in [-0.4, -0.2) is 31.2 Å². The van der Waals surface area contributed by atoms with E-state index in [0.717, 1.165) is 23.4 Å². The van der Waals surface area contributed by atoms with Crippen LogP contribution in [0.25, 0.3) is 0 Å². The van der Waals surface area contributed by atoms with Crippen LogP contribution in [0, 0.1) is 11.3 Å². The lowest BCUT2D eigenvalue weighted by molar-refractivity contribution is -0.146. The summed E-state index contributed by atoms with van der Waals surface area (Å²) in [6, 6.07) is 7.56. The van der Waals surface area contributed by atoms with Gasteiger partial charge in [0.25, 0.3) is 0 Å². The normalized spacial score (nSPS) is 24.2. The Balaban J connectivity index is 2.14. The molecule has 2 atom stereocenters. The first-order chi connectivity index (χ1) is 12.8. The van der Waals surface area contributed by atoms with Gasteiger partial charge in [0.05, 0.1) is 13.7 Å². The number of benzene rings is 1. The Kier molecular flexibility index (Phi) is 5.22. The molecular formula is C22H27NO4. The molecule has 1 aromatic carbocycles. The number of allylic oxidation sites excluding steroid dienone is 2. The van der Waals surface area contributed by atoms with Gasteiger partial charge in [0, 0.05) is 29.3 Å². The first kappa shape index (κ1) is 19.3. The second-order valence-corrected chi connectivity index (χ2v) is 8.04. The molecule has 0 bridgehead atoms. The zero-order chi connectivity index (χ0) is 19.8. The van der Waals surface area contributed by atoms with E-state index < -0.39 is 5.92 Å². The van der Waals surface area contributed by atoms with Crippen molar-refractivity contribution in [2.75, 3.05) is 13.7 Å². The van der Waals surface area contributed by atoms with Crippen LogP contribution >= 0.6 is 0 Å². The van der Waals surface area contributed by atoms with E-state index in [0.29, 0.717) is 24.3 Å². The van der Waals surface area contributed by atoms with Crippen LogP contribution in [0.3, 0.4) is 0 Å². The highest BCUT2D eigenvalue weighted by molar-refractivity contribution is 6.09. The molecule has 0 radical (unpaired) electrons. The van der Waals surface area contributed by atoms with Crippen LogP contribution in [0.5, 0.6) is 5.75 Å². The smallest absolute Gasteiger partial charge is 0.315 e. The number of carbonyl (C=O) groups is 2. The Morgan fingerprint density at radius 2 is 1.89 bits per heavy atom. The summed E-state index contributed by atoms with van der Waals surface area (Å²) in [5.74, 6) is -0.470. The average Bonchev–Trinajstić information content (AvgIpc) is 2.59. The summed E-state index contributed by atoms with van der Waals surface area (Å²) in [5.41, 5.74) is 2.97. The zero-order valence-electron chi connectivity index (χ0n) is 16.7. The fraction of sp³-hybridized carbons (Fsp3) is 0.500. The summed E-state index contributed by atoms with van der Waals surface area (Å²) in [5, 5.41) is 0. The Morgan fingerprint density at radius 1 is 1.22 bits per heavy atom. The van der Waals surface area contributed by atoms with Crippen molar-refractivity contribution >= 4 is 17.5 Å². The second-order valence-electron chi connectivity index (χ2n) is 8.04. The van der Waals surface area contributed by atoms with E-state index in [1.807, 2.05) is 31.2 Å². The minimum Gasteiger partial charge on any atom is -0.497 e. The largest absolute Gasteiger partial charge is 0.497 e. The Morgan fingerprint density at radius 3 is 2.48 bits per heavy atom. The van der Waals surface area contributed by atoms with E-state index in [-0.39, 0.29) is 23.1 Å². The van der Waals surface area contributed by atoms with Gasteiger partial charge in [0.2, 0.25) is 0 Å². The summed E-state index contributed by atoms with van der Waals surface area (Å²) in [7, 11) is 1.61. The number of rotatable bonds is 4. The maximum Gasteiger partial charge on any atom is 0.315 e. The van der Waals surface area contributed by atoms with Crippen LogP contribution in [0.2, 0.25) is 0 Å². The van der Waals surface area contributed by atoms with E-state index in [9.17, 15) is 9.59 Å². The van der Waals surface area contributed by atoms with Crippen molar-refractivity contribution < 1.29 is 19.1 Å². The van der Waals surface area contributed by atoms with Crippen molar-refractivity contribution in [3.05, 3.63) is 41.1 Å². The fourth-order valence-electron chi connectivity index (χ4n) is 4.15. The number of ketones is 1. The summed E-state index contributed by atoms with van der Waals surface area (Å²) in [4.78, 5) is 30.5. The van der Waals surface area contributed by atoms with Crippen LogP contribution in [0.4, 0.5) is 0 Å².